The van der Waals surface area contributed by atoms with E-state index in [1.807, 2.05) is 49.5 Å². The smallest absolute Gasteiger partial charge is 0.327 e. The van der Waals surface area contributed by atoms with Gasteiger partial charge in [-0.1, -0.05) is 36.4 Å². The SMILES string of the molecule is Cc1oc(-c2ccc(-c3ccnc4ccccc34)cc2)nc1CCOc1ccc(CCC(=O)O)c(C(N)C(=O)OC(C)C)c1. The number of aliphatic carboxylic acids is 1. The Balaban J connectivity index is 1.27. The van der Waals surface area contributed by atoms with Crippen LogP contribution >= 0.6 is 0 Å². The van der Waals surface area contributed by atoms with Gasteiger partial charge in [0.15, 0.2) is 0 Å². The number of carboxylic acids is 1. The molecule has 5 aromatic rings. The van der Waals surface area contributed by atoms with Crippen LogP contribution in [0, 0.1) is 6.92 Å². The minimum absolute atomic E-state index is 0.0870. The van der Waals surface area contributed by atoms with E-state index in [1.165, 1.54) is 0 Å². The first-order valence-corrected chi connectivity index (χ1v) is 14.5. The maximum Gasteiger partial charge on any atom is 0.327 e. The van der Waals surface area contributed by atoms with Gasteiger partial charge in [0.25, 0.3) is 0 Å². The molecule has 1 atom stereocenters. The number of nitrogens with two attached hydrogens (primary N) is 1. The predicted octanol–water partition coefficient (Wildman–Crippen LogP) is 6.46. The number of fused-ring (bicyclic) bond motifs is 1. The molecule has 0 saturated heterocycles. The first-order valence-electron chi connectivity index (χ1n) is 14.5. The lowest BCUT2D eigenvalue weighted by Crippen LogP contribution is -2.27. The Morgan fingerprint density at radius 1 is 0.977 bits per heavy atom. The number of carbonyl (C=O) groups excluding carboxylic acids is 1. The van der Waals surface area contributed by atoms with Crippen LogP contribution in [0.4, 0.5) is 0 Å². The lowest BCUT2D eigenvalue weighted by atomic mass is 9.97. The van der Waals surface area contributed by atoms with Gasteiger partial charge in [-0.3, -0.25) is 9.78 Å². The average molecular weight is 594 g/mol. The molecule has 3 N–H and O–H groups in total. The molecule has 9 heteroatoms. The first-order chi connectivity index (χ1) is 21.2. The van der Waals surface area contributed by atoms with Gasteiger partial charge in [0.2, 0.25) is 5.89 Å². The summed E-state index contributed by atoms with van der Waals surface area (Å²) in [7, 11) is 0. The number of carbonyl (C=O) groups is 2. The molecule has 2 heterocycles. The number of esters is 1. The third-order valence-corrected chi connectivity index (χ3v) is 7.26. The van der Waals surface area contributed by atoms with Gasteiger partial charge in [0.05, 0.1) is 23.9 Å². The molecule has 226 valence electrons. The maximum atomic E-state index is 12.5. The lowest BCUT2D eigenvalue weighted by molar-refractivity contribution is -0.149. The fourth-order valence-corrected chi connectivity index (χ4v) is 5.04. The van der Waals surface area contributed by atoms with Crippen LogP contribution in [0.5, 0.6) is 5.75 Å². The van der Waals surface area contributed by atoms with Crippen LogP contribution in [0.1, 0.15) is 48.9 Å². The highest BCUT2D eigenvalue weighted by atomic mass is 16.5. The van der Waals surface area contributed by atoms with Crippen molar-refractivity contribution >= 4 is 22.8 Å². The van der Waals surface area contributed by atoms with Crippen molar-refractivity contribution in [3.8, 4) is 28.3 Å². The highest BCUT2D eigenvalue weighted by Crippen LogP contribution is 2.30. The summed E-state index contributed by atoms with van der Waals surface area (Å²) in [6, 6.07) is 22.3. The molecule has 1 unspecified atom stereocenters. The van der Waals surface area contributed by atoms with Crippen LogP contribution in [0.25, 0.3) is 33.5 Å². The largest absolute Gasteiger partial charge is 0.493 e. The fraction of sp³-hybridized carbons (Fsp3) is 0.257. The molecular formula is C35H35N3O6. The Kier molecular flexibility index (Phi) is 9.35. The third kappa shape index (κ3) is 7.12. The van der Waals surface area contributed by atoms with Crippen molar-refractivity contribution in [3.63, 3.8) is 0 Å². The van der Waals surface area contributed by atoms with E-state index in [1.54, 1.807) is 32.0 Å². The molecule has 2 aromatic heterocycles. The summed E-state index contributed by atoms with van der Waals surface area (Å²) in [6.45, 7) is 5.66. The van der Waals surface area contributed by atoms with Crippen molar-refractivity contribution in [1.82, 2.24) is 9.97 Å². The third-order valence-electron chi connectivity index (χ3n) is 7.26. The summed E-state index contributed by atoms with van der Waals surface area (Å²) in [6.07, 6.45) is 2.13. The zero-order valence-corrected chi connectivity index (χ0v) is 24.9. The van der Waals surface area contributed by atoms with Crippen molar-refractivity contribution in [2.24, 2.45) is 5.73 Å². The number of oxazole rings is 1. The number of aromatic nitrogens is 2. The molecule has 44 heavy (non-hydrogen) atoms. The molecule has 9 nitrogen and oxygen atoms in total. The summed E-state index contributed by atoms with van der Waals surface area (Å²) in [5.74, 6) is 0.226. The van der Waals surface area contributed by atoms with E-state index in [0.29, 0.717) is 41.6 Å². The fourth-order valence-electron chi connectivity index (χ4n) is 5.04. The number of hydrogen-bond acceptors (Lipinski definition) is 8. The Labute approximate surface area is 255 Å². The Morgan fingerprint density at radius 2 is 1.73 bits per heavy atom. The normalized spacial score (nSPS) is 11.9. The molecule has 0 bridgehead atoms. The van der Waals surface area contributed by atoms with E-state index in [-0.39, 0.29) is 18.9 Å². The molecule has 0 aliphatic heterocycles. The van der Waals surface area contributed by atoms with Crippen LogP contribution in [0.2, 0.25) is 0 Å². The van der Waals surface area contributed by atoms with Crippen LogP contribution in [0.15, 0.2) is 83.4 Å². The van der Waals surface area contributed by atoms with E-state index in [0.717, 1.165) is 33.3 Å². The van der Waals surface area contributed by atoms with Crippen LogP contribution in [-0.4, -0.2) is 39.7 Å². The number of rotatable bonds is 12. The predicted molar refractivity (Wildman–Crippen MR) is 167 cm³/mol. The Bertz CT molecular complexity index is 1770. The van der Waals surface area contributed by atoms with Gasteiger partial charge in [-0.15, -0.1) is 0 Å². The van der Waals surface area contributed by atoms with Gasteiger partial charge in [0.1, 0.15) is 17.6 Å². The minimum atomic E-state index is -1.06. The number of para-hydroxylation sites is 1. The minimum Gasteiger partial charge on any atom is -0.493 e. The average Bonchev–Trinajstić information content (AvgIpc) is 3.39. The second kappa shape index (κ2) is 13.5. The number of aryl methyl sites for hydroxylation is 2. The van der Waals surface area contributed by atoms with Crippen molar-refractivity contribution < 1.29 is 28.6 Å². The van der Waals surface area contributed by atoms with Crippen molar-refractivity contribution in [2.75, 3.05) is 6.61 Å². The van der Waals surface area contributed by atoms with Crippen molar-refractivity contribution in [1.29, 1.82) is 0 Å². The Morgan fingerprint density at radius 3 is 2.48 bits per heavy atom. The van der Waals surface area contributed by atoms with Gasteiger partial charge in [-0.25, -0.2) is 9.78 Å². The van der Waals surface area contributed by atoms with E-state index in [9.17, 15) is 9.59 Å². The summed E-state index contributed by atoms with van der Waals surface area (Å²) in [5, 5.41) is 10.2. The van der Waals surface area contributed by atoms with Gasteiger partial charge in [0, 0.05) is 30.0 Å². The number of nitrogens with zero attached hydrogens (tertiary/aromatic N) is 2. The molecule has 0 fully saturated rings. The quantitative estimate of drug-likeness (QED) is 0.156. The summed E-state index contributed by atoms with van der Waals surface area (Å²) < 4.78 is 17.3. The lowest BCUT2D eigenvalue weighted by Gasteiger charge is -2.18. The van der Waals surface area contributed by atoms with E-state index >= 15 is 0 Å². The van der Waals surface area contributed by atoms with Crippen molar-refractivity contribution in [2.45, 2.75) is 52.2 Å². The number of carboxylic acid groups (broad SMARTS) is 1. The zero-order chi connectivity index (χ0) is 31.2. The van der Waals surface area contributed by atoms with E-state index < -0.39 is 18.0 Å². The standard InChI is InChI=1S/C35H35N3O6/c1-21(2)43-35(41)33(36)29-20-26(14-12-24(29)13-15-32(39)40)42-19-17-30-22(3)44-34(38-30)25-10-8-23(9-11-25)27-16-18-37-31-7-5-4-6-28(27)31/h4-12,14,16,18,20-21,33H,13,15,17,19,36H2,1-3H3,(H,39,40). The molecule has 0 radical (unpaired) electrons. The molecule has 0 spiro atoms. The van der Waals surface area contributed by atoms with E-state index in [2.05, 4.69) is 23.2 Å². The second-order valence-corrected chi connectivity index (χ2v) is 10.8. The molecule has 3 aromatic carbocycles. The number of pyridine rings is 1. The highest BCUT2D eigenvalue weighted by Gasteiger charge is 2.23. The van der Waals surface area contributed by atoms with Gasteiger partial charge >= 0.3 is 11.9 Å². The van der Waals surface area contributed by atoms with Gasteiger partial charge in [-0.05, 0) is 85.8 Å². The summed E-state index contributed by atoms with van der Waals surface area (Å²) in [5.41, 5.74) is 12.2. The summed E-state index contributed by atoms with van der Waals surface area (Å²) >= 11 is 0. The number of benzene rings is 3. The zero-order valence-electron chi connectivity index (χ0n) is 24.9. The molecule has 0 aliphatic carbocycles. The Hall–Kier alpha value is -5.02. The molecule has 0 amide bonds. The topological polar surface area (TPSA) is 138 Å². The first kappa shape index (κ1) is 30.4. The maximum absolute atomic E-state index is 12.5. The second-order valence-electron chi connectivity index (χ2n) is 10.8. The number of hydrogen-bond donors (Lipinski definition) is 2. The van der Waals surface area contributed by atoms with Gasteiger partial charge < -0.3 is 24.7 Å². The van der Waals surface area contributed by atoms with Crippen molar-refractivity contribution in [3.05, 3.63) is 102 Å². The molecular weight excluding hydrogens is 558 g/mol. The molecule has 0 saturated carbocycles. The van der Waals surface area contributed by atoms with Crippen LogP contribution in [-0.2, 0) is 27.2 Å². The van der Waals surface area contributed by atoms with Gasteiger partial charge in [-0.2, -0.15) is 0 Å². The highest BCUT2D eigenvalue weighted by molar-refractivity contribution is 5.94. The number of ether oxygens (including phenoxy) is 2. The monoisotopic (exact) mass is 593 g/mol. The van der Waals surface area contributed by atoms with Crippen LogP contribution in [0.3, 0.4) is 0 Å². The molecule has 0 aliphatic rings. The summed E-state index contributed by atoms with van der Waals surface area (Å²) in [4.78, 5) is 32.9. The van der Waals surface area contributed by atoms with Crippen LogP contribution < -0.4 is 10.5 Å². The van der Waals surface area contributed by atoms with E-state index in [4.69, 9.17) is 29.7 Å². The molecule has 5 rings (SSSR count).